The fourth-order valence-electron chi connectivity index (χ4n) is 1.95. The lowest BCUT2D eigenvalue weighted by atomic mass is 9.97. The average Bonchev–Trinajstić information content (AvgIpc) is 2.36. The molecule has 0 saturated heterocycles. The van der Waals surface area contributed by atoms with Crippen LogP contribution in [-0.4, -0.2) is 0 Å². The molecule has 0 N–H and O–H groups in total. The highest BCUT2D eigenvalue weighted by atomic mass is 35.5. The standard InChI is InChI=1S/C15H12Cl2F2/c1-8-4-3-5-10(9(8)2)15(17)11-6-13(18)14(19)7-12(11)16/h3-7,15H,1-2H3. The molecule has 0 heterocycles. The normalized spacial score (nSPS) is 12.5. The van der Waals surface area contributed by atoms with Crippen LogP contribution in [0, 0.1) is 25.5 Å². The first kappa shape index (κ1) is 14.3. The van der Waals surface area contributed by atoms with Crippen molar-refractivity contribution in [3.05, 3.63) is 69.2 Å². The molecule has 0 amide bonds. The maximum absolute atomic E-state index is 13.3. The highest BCUT2D eigenvalue weighted by molar-refractivity contribution is 6.33. The highest BCUT2D eigenvalue weighted by Crippen LogP contribution is 2.36. The van der Waals surface area contributed by atoms with E-state index in [0.717, 1.165) is 28.8 Å². The van der Waals surface area contributed by atoms with Gasteiger partial charge in [0.1, 0.15) is 0 Å². The zero-order valence-corrected chi connectivity index (χ0v) is 12.0. The van der Waals surface area contributed by atoms with E-state index in [2.05, 4.69) is 0 Å². The van der Waals surface area contributed by atoms with Crippen molar-refractivity contribution in [3.63, 3.8) is 0 Å². The molecular formula is C15H12Cl2F2. The van der Waals surface area contributed by atoms with Crippen molar-refractivity contribution in [1.82, 2.24) is 0 Å². The second-order valence-corrected chi connectivity index (χ2v) is 5.28. The van der Waals surface area contributed by atoms with E-state index < -0.39 is 17.0 Å². The Hall–Kier alpha value is -1.12. The van der Waals surface area contributed by atoms with Crippen LogP contribution in [0.4, 0.5) is 8.78 Å². The zero-order valence-electron chi connectivity index (χ0n) is 10.5. The molecule has 0 saturated carbocycles. The Balaban J connectivity index is 2.53. The van der Waals surface area contributed by atoms with Gasteiger partial charge in [-0.15, -0.1) is 11.6 Å². The van der Waals surface area contributed by atoms with Gasteiger partial charge in [0.15, 0.2) is 11.6 Å². The molecule has 2 rings (SSSR count). The first-order chi connectivity index (χ1) is 8.91. The molecule has 2 aromatic carbocycles. The molecule has 0 aliphatic heterocycles. The summed E-state index contributed by atoms with van der Waals surface area (Å²) in [6, 6.07) is 7.71. The minimum Gasteiger partial charge on any atom is -0.204 e. The number of rotatable bonds is 2. The summed E-state index contributed by atoms with van der Waals surface area (Å²) in [5.41, 5.74) is 3.32. The van der Waals surface area contributed by atoms with Crippen molar-refractivity contribution in [3.8, 4) is 0 Å². The summed E-state index contributed by atoms with van der Waals surface area (Å²) in [7, 11) is 0. The molecule has 0 fully saturated rings. The van der Waals surface area contributed by atoms with Crippen molar-refractivity contribution < 1.29 is 8.78 Å². The van der Waals surface area contributed by atoms with Gasteiger partial charge in [-0.2, -0.15) is 0 Å². The van der Waals surface area contributed by atoms with Gasteiger partial charge in [-0.05, 0) is 48.2 Å². The lowest BCUT2D eigenvalue weighted by molar-refractivity contribution is 0.507. The van der Waals surface area contributed by atoms with Gasteiger partial charge in [0, 0.05) is 5.02 Å². The molecule has 0 radical (unpaired) electrons. The molecular weight excluding hydrogens is 289 g/mol. The predicted octanol–water partition coefficient (Wildman–Crippen LogP) is 5.56. The Morgan fingerprint density at radius 1 is 1.00 bits per heavy atom. The van der Waals surface area contributed by atoms with E-state index in [-0.39, 0.29) is 5.02 Å². The fourth-order valence-corrected chi connectivity index (χ4v) is 2.68. The van der Waals surface area contributed by atoms with Crippen LogP contribution in [0.3, 0.4) is 0 Å². The lowest BCUT2D eigenvalue weighted by Crippen LogP contribution is -2.00. The molecule has 1 unspecified atom stereocenters. The maximum Gasteiger partial charge on any atom is 0.160 e. The Kier molecular flexibility index (Phi) is 4.12. The molecule has 0 spiro atoms. The van der Waals surface area contributed by atoms with Crippen LogP contribution in [0.15, 0.2) is 30.3 Å². The van der Waals surface area contributed by atoms with Gasteiger partial charge in [-0.25, -0.2) is 8.78 Å². The molecule has 4 heteroatoms. The van der Waals surface area contributed by atoms with Crippen LogP contribution in [0.1, 0.15) is 27.6 Å². The second-order valence-electron chi connectivity index (χ2n) is 4.44. The minimum atomic E-state index is -0.974. The molecule has 0 aliphatic carbocycles. The van der Waals surface area contributed by atoms with Crippen LogP contribution in [0.25, 0.3) is 0 Å². The molecule has 0 aliphatic rings. The van der Waals surface area contributed by atoms with Crippen LogP contribution in [-0.2, 0) is 0 Å². The lowest BCUT2D eigenvalue weighted by Gasteiger charge is -2.16. The van der Waals surface area contributed by atoms with E-state index in [9.17, 15) is 8.78 Å². The zero-order chi connectivity index (χ0) is 14.2. The summed E-state index contributed by atoms with van der Waals surface area (Å²) in [6.07, 6.45) is 0. The topological polar surface area (TPSA) is 0 Å². The summed E-state index contributed by atoms with van der Waals surface area (Å²) in [5.74, 6) is -1.92. The summed E-state index contributed by atoms with van der Waals surface area (Å²) < 4.78 is 26.4. The minimum absolute atomic E-state index is 0.125. The largest absolute Gasteiger partial charge is 0.204 e. The fraction of sp³-hybridized carbons (Fsp3) is 0.200. The molecule has 19 heavy (non-hydrogen) atoms. The van der Waals surface area contributed by atoms with E-state index in [4.69, 9.17) is 23.2 Å². The summed E-state index contributed by atoms with van der Waals surface area (Å²) >= 11 is 12.3. The van der Waals surface area contributed by atoms with E-state index in [1.165, 1.54) is 0 Å². The van der Waals surface area contributed by atoms with Crippen LogP contribution in [0.2, 0.25) is 5.02 Å². The van der Waals surface area contributed by atoms with Gasteiger partial charge in [0.2, 0.25) is 0 Å². The summed E-state index contributed by atoms with van der Waals surface area (Å²) in [5, 5.41) is -0.484. The van der Waals surface area contributed by atoms with Gasteiger partial charge >= 0.3 is 0 Å². The van der Waals surface area contributed by atoms with Crippen LogP contribution in [0.5, 0.6) is 0 Å². The highest BCUT2D eigenvalue weighted by Gasteiger charge is 2.19. The van der Waals surface area contributed by atoms with E-state index in [1.54, 1.807) is 0 Å². The second kappa shape index (κ2) is 5.48. The van der Waals surface area contributed by atoms with Crippen molar-refractivity contribution in [2.24, 2.45) is 0 Å². The third kappa shape index (κ3) is 2.75. The molecule has 0 aromatic heterocycles. The van der Waals surface area contributed by atoms with Gasteiger partial charge in [-0.3, -0.25) is 0 Å². The Labute approximate surface area is 121 Å². The van der Waals surface area contributed by atoms with E-state index >= 15 is 0 Å². The Morgan fingerprint density at radius 2 is 1.63 bits per heavy atom. The van der Waals surface area contributed by atoms with Crippen molar-refractivity contribution >= 4 is 23.2 Å². The quantitative estimate of drug-likeness (QED) is 0.503. The molecule has 0 bridgehead atoms. The van der Waals surface area contributed by atoms with Gasteiger partial charge < -0.3 is 0 Å². The number of halogens is 4. The third-order valence-electron chi connectivity index (χ3n) is 3.23. The van der Waals surface area contributed by atoms with Crippen LogP contribution < -0.4 is 0 Å². The number of hydrogen-bond donors (Lipinski definition) is 0. The molecule has 2 aromatic rings. The number of hydrogen-bond acceptors (Lipinski definition) is 0. The van der Waals surface area contributed by atoms with E-state index in [1.807, 2.05) is 32.0 Å². The number of alkyl halides is 1. The van der Waals surface area contributed by atoms with Crippen molar-refractivity contribution in [2.45, 2.75) is 19.2 Å². The third-order valence-corrected chi connectivity index (χ3v) is 4.03. The van der Waals surface area contributed by atoms with Crippen molar-refractivity contribution in [1.29, 1.82) is 0 Å². The molecule has 1 atom stereocenters. The van der Waals surface area contributed by atoms with Gasteiger partial charge in [0.05, 0.1) is 5.38 Å². The first-order valence-corrected chi connectivity index (χ1v) is 6.58. The summed E-state index contributed by atoms with van der Waals surface area (Å²) in [6.45, 7) is 3.91. The SMILES string of the molecule is Cc1cccc(C(Cl)c2cc(F)c(F)cc2Cl)c1C. The van der Waals surface area contributed by atoms with Crippen LogP contribution >= 0.6 is 23.2 Å². The predicted molar refractivity (Wildman–Crippen MR) is 75.0 cm³/mol. The molecule has 100 valence electrons. The Morgan fingerprint density at radius 3 is 2.32 bits per heavy atom. The average molecular weight is 301 g/mol. The summed E-state index contributed by atoms with van der Waals surface area (Å²) in [4.78, 5) is 0. The first-order valence-electron chi connectivity index (χ1n) is 5.76. The monoisotopic (exact) mass is 300 g/mol. The number of aryl methyl sites for hydroxylation is 1. The van der Waals surface area contributed by atoms with Crippen molar-refractivity contribution in [2.75, 3.05) is 0 Å². The smallest absolute Gasteiger partial charge is 0.160 e. The van der Waals surface area contributed by atoms with Gasteiger partial charge in [-0.1, -0.05) is 29.8 Å². The van der Waals surface area contributed by atoms with Gasteiger partial charge in [0.25, 0.3) is 0 Å². The number of benzene rings is 2. The maximum atomic E-state index is 13.3. The Bertz CT molecular complexity index is 624. The molecule has 0 nitrogen and oxygen atoms in total. The van der Waals surface area contributed by atoms with E-state index in [0.29, 0.717) is 5.56 Å².